The molecule has 0 fully saturated rings. The molecular weight excluding hydrogens is 250 g/mol. The van der Waals surface area contributed by atoms with Crippen molar-refractivity contribution in [2.24, 2.45) is 0 Å². The molecule has 0 atom stereocenters. The van der Waals surface area contributed by atoms with Gasteiger partial charge in [0, 0.05) is 17.1 Å². The molecule has 4 N–H and O–H groups in total. The van der Waals surface area contributed by atoms with Crippen molar-refractivity contribution in [1.29, 1.82) is 0 Å². The number of nitrogens with one attached hydrogen (secondary N) is 2. The Morgan fingerprint density at radius 1 is 1.39 bits per heavy atom. The van der Waals surface area contributed by atoms with Gasteiger partial charge in [-0.05, 0) is 24.6 Å². The highest BCUT2D eigenvalue weighted by Gasteiger charge is 2.07. The zero-order valence-electron chi connectivity index (χ0n) is 10.2. The Labute approximate surface area is 111 Å². The molecule has 0 radical (unpaired) electrons. The van der Waals surface area contributed by atoms with Crippen LogP contribution in [0.5, 0.6) is 0 Å². The van der Waals surface area contributed by atoms with Crippen molar-refractivity contribution in [2.75, 3.05) is 18.0 Å². The molecular formula is C12H17N3O2S. The second kappa shape index (κ2) is 7.60. The third-order valence-corrected chi connectivity index (χ3v) is 3.01. The fourth-order valence-electron chi connectivity index (χ4n) is 1.20. The van der Waals surface area contributed by atoms with Gasteiger partial charge in [0.1, 0.15) is 0 Å². The largest absolute Gasteiger partial charge is 0.399 e. The molecule has 0 unspecified atom stereocenters. The first-order chi connectivity index (χ1) is 8.61. The molecule has 98 valence electrons. The van der Waals surface area contributed by atoms with Crippen LogP contribution in [0.3, 0.4) is 0 Å². The summed E-state index contributed by atoms with van der Waals surface area (Å²) in [4.78, 5) is 23.6. The highest BCUT2D eigenvalue weighted by Crippen LogP contribution is 2.19. The minimum absolute atomic E-state index is 0.184. The number of urea groups is 1. The summed E-state index contributed by atoms with van der Waals surface area (Å²) in [7, 11) is 0. The molecule has 0 aliphatic rings. The van der Waals surface area contributed by atoms with Crippen molar-refractivity contribution < 1.29 is 9.59 Å². The first kappa shape index (κ1) is 14.4. The summed E-state index contributed by atoms with van der Waals surface area (Å²) in [6.45, 7) is 2.50. The zero-order chi connectivity index (χ0) is 13.4. The number of nitrogens with two attached hydrogens (primary N) is 1. The van der Waals surface area contributed by atoms with Gasteiger partial charge in [-0.15, -0.1) is 11.8 Å². The van der Waals surface area contributed by atoms with Gasteiger partial charge in [-0.2, -0.15) is 0 Å². The summed E-state index contributed by atoms with van der Waals surface area (Å²) in [6.07, 6.45) is 0.833. The van der Waals surface area contributed by atoms with Gasteiger partial charge in [0.2, 0.25) is 5.91 Å². The topological polar surface area (TPSA) is 84.2 Å². The third-order valence-electron chi connectivity index (χ3n) is 2.02. The van der Waals surface area contributed by atoms with Crippen LogP contribution in [0.4, 0.5) is 10.5 Å². The van der Waals surface area contributed by atoms with Crippen LogP contribution in [0.15, 0.2) is 29.2 Å². The molecule has 0 bridgehead atoms. The smallest absolute Gasteiger partial charge is 0.321 e. The number of hydrogen-bond acceptors (Lipinski definition) is 4. The summed E-state index contributed by atoms with van der Waals surface area (Å²) >= 11 is 1.34. The number of benzene rings is 1. The molecule has 1 aromatic rings. The number of carbonyl (C=O) groups is 2. The average molecular weight is 267 g/mol. The summed E-state index contributed by atoms with van der Waals surface area (Å²) in [5.74, 6) is -0.140. The molecule has 0 spiro atoms. The van der Waals surface area contributed by atoms with E-state index in [4.69, 9.17) is 5.73 Å². The van der Waals surface area contributed by atoms with E-state index in [1.165, 1.54) is 11.8 Å². The Morgan fingerprint density at radius 3 is 2.83 bits per heavy atom. The predicted octanol–water partition coefficient (Wildman–Crippen LogP) is 1.60. The summed E-state index contributed by atoms with van der Waals surface area (Å²) < 4.78 is 0. The van der Waals surface area contributed by atoms with Crippen molar-refractivity contribution in [1.82, 2.24) is 10.6 Å². The van der Waals surface area contributed by atoms with Gasteiger partial charge in [-0.1, -0.05) is 13.0 Å². The maximum Gasteiger partial charge on any atom is 0.321 e. The normalized spacial score (nSPS) is 9.83. The lowest BCUT2D eigenvalue weighted by atomic mass is 10.3. The van der Waals surface area contributed by atoms with Crippen LogP contribution < -0.4 is 16.4 Å². The predicted molar refractivity (Wildman–Crippen MR) is 73.4 cm³/mol. The molecule has 0 saturated carbocycles. The van der Waals surface area contributed by atoms with Crippen LogP contribution in [0.1, 0.15) is 13.3 Å². The number of hydrogen-bond donors (Lipinski definition) is 3. The number of amides is 3. The van der Waals surface area contributed by atoms with E-state index < -0.39 is 6.03 Å². The van der Waals surface area contributed by atoms with Gasteiger partial charge >= 0.3 is 6.03 Å². The first-order valence-corrected chi connectivity index (χ1v) is 6.66. The van der Waals surface area contributed by atoms with Gasteiger partial charge < -0.3 is 11.1 Å². The fourth-order valence-corrected chi connectivity index (χ4v) is 1.96. The molecule has 18 heavy (non-hydrogen) atoms. The summed E-state index contributed by atoms with van der Waals surface area (Å²) in [5.41, 5.74) is 6.28. The maximum atomic E-state index is 11.5. The number of thioether (sulfide) groups is 1. The van der Waals surface area contributed by atoms with E-state index in [0.717, 1.165) is 11.3 Å². The maximum absolute atomic E-state index is 11.5. The second-order valence-corrected chi connectivity index (χ2v) is 4.71. The second-order valence-electron chi connectivity index (χ2n) is 3.67. The molecule has 0 saturated heterocycles. The third kappa shape index (κ3) is 5.58. The molecule has 1 aromatic carbocycles. The van der Waals surface area contributed by atoms with Crippen molar-refractivity contribution in [3.05, 3.63) is 24.3 Å². The molecule has 0 aromatic heterocycles. The molecule has 0 aliphatic heterocycles. The Morgan fingerprint density at radius 2 is 2.17 bits per heavy atom. The van der Waals surface area contributed by atoms with Crippen molar-refractivity contribution >= 4 is 29.4 Å². The van der Waals surface area contributed by atoms with Gasteiger partial charge in [-0.25, -0.2) is 4.79 Å². The number of anilines is 1. The van der Waals surface area contributed by atoms with Crippen LogP contribution in [0.25, 0.3) is 0 Å². The monoisotopic (exact) mass is 267 g/mol. The van der Waals surface area contributed by atoms with Crippen LogP contribution >= 0.6 is 11.8 Å². The van der Waals surface area contributed by atoms with E-state index in [2.05, 4.69) is 10.6 Å². The Bertz CT molecular complexity index is 424. The molecule has 6 heteroatoms. The van der Waals surface area contributed by atoms with Crippen LogP contribution in [-0.2, 0) is 4.79 Å². The van der Waals surface area contributed by atoms with Gasteiger partial charge in [0.25, 0.3) is 0 Å². The van der Waals surface area contributed by atoms with E-state index in [0.29, 0.717) is 12.2 Å². The Hall–Kier alpha value is -1.69. The van der Waals surface area contributed by atoms with Crippen molar-refractivity contribution in [2.45, 2.75) is 18.2 Å². The van der Waals surface area contributed by atoms with Gasteiger partial charge in [0.05, 0.1) is 5.75 Å². The number of imide groups is 1. The number of nitrogen functional groups attached to an aromatic ring is 1. The van der Waals surface area contributed by atoms with Gasteiger partial charge in [-0.3, -0.25) is 10.1 Å². The zero-order valence-corrected chi connectivity index (χ0v) is 11.0. The van der Waals surface area contributed by atoms with Crippen molar-refractivity contribution in [3.63, 3.8) is 0 Å². The van der Waals surface area contributed by atoms with Crippen LogP contribution in [0.2, 0.25) is 0 Å². The molecule has 3 amide bonds. The SMILES string of the molecule is CCCNC(=O)NC(=O)CSc1cccc(N)c1. The van der Waals surface area contributed by atoms with Crippen molar-refractivity contribution in [3.8, 4) is 0 Å². The number of carbonyl (C=O) groups excluding carboxylic acids is 2. The van der Waals surface area contributed by atoms with Gasteiger partial charge in [0.15, 0.2) is 0 Å². The number of rotatable bonds is 5. The molecule has 5 nitrogen and oxygen atoms in total. The molecule has 0 aliphatic carbocycles. The lowest BCUT2D eigenvalue weighted by Gasteiger charge is -2.05. The minimum Gasteiger partial charge on any atom is -0.399 e. The van der Waals surface area contributed by atoms with E-state index in [-0.39, 0.29) is 11.7 Å². The highest BCUT2D eigenvalue weighted by atomic mass is 32.2. The van der Waals surface area contributed by atoms with E-state index in [1.54, 1.807) is 12.1 Å². The van der Waals surface area contributed by atoms with Crippen LogP contribution in [0, 0.1) is 0 Å². The molecule has 0 heterocycles. The lowest BCUT2D eigenvalue weighted by molar-refractivity contribution is -0.117. The van der Waals surface area contributed by atoms with Crippen LogP contribution in [-0.4, -0.2) is 24.2 Å². The Balaban J connectivity index is 2.31. The fraction of sp³-hybridized carbons (Fsp3) is 0.333. The lowest BCUT2D eigenvalue weighted by Crippen LogP contribution is -2.40. The standard InChI is InChI=1S/C12H17N3O2S/c1-2-6-14-12(17)15-11(16)8-18-10-5-3-4-9(13)7-10/h3-5,7H,2,6,8,13H2,1H3,(H2,14,15,16,17). The summed E-state index contributed by atoms with van der Waals surface area (Å²) in [5, 5.41) is 4.83. The highest BCUT2D eigenvalue weighted by molar-refractivity contribution is 8.00. The van der Waals surface area contributed by atoms with E-state index in [1.807, 2.05) is 19.1 Å². The molecule has 1 rings (SSSR count). The first-order valence-electron chi connectivity index (χ1n) is 5.68. The van der Waals surface area contributed by atoms with E-state index >= 15 is 0 Å². The Kier molecular flexibility index (Phi) is 6.07. The average Bonchev–Trinajstić information content (AvgIpc) is 2.34. The minimum atomic E-state index is -0.449. The van der Waals surface area contributed by atoms with E-state index in [9.17, 15) is 9.59 Å². The summed E-state index contributed by atoms with van der Waals surface area (Å²) in [6, 6.07) is 6.81. The quantitative estimate of drug-likeness (QED) is 0.559.